The molecule has 0 saturated heterocycles. The number of hydrogen-bond acceptors (Lipinski definition) is 5. The van der Waals surface area contributed by atoms with Crippen molar-refractivity contribution in [3.63, 3.8) is 0 Å². The van der Waals surface area contributed by atoms with E-state index in [-0.39, 0.29) is 28.8 Å². The molecule has 7 nitrogen and oxygen atoms in total. The number of ether oxygens (including phenoxy) is 1. The second-order valence-corrected chi connectivity index (χ2v) is 7.99. The zero-order valence-electron chi connectivity index (χ0n) is 16.8. The van der Waals surface area contributed by atoms with Gasteiger partial charge in [0.25, 0.3) is 11.8 Å². The molecule has 0 unspecified atom stereocenters. The van der Waals surface area contributed by atoms with Crippen molar-refractivity contribution in [2.24, 2.45) is 0 Å². The van der Waals surface area contributed by atoms with Gasteiger partial charge in [0, 0.05) is 16.9 Å². The van der Waals surface area contributed by atoms with Crippen LogP contribution in [0, 0.1) is 0 Å². The Kier molecular flexibility index (Phi) is 7.43. The van der Waals surface area contributed by atoms with Gasteiger partial charge in [-0.1, -0.05) is 6.07 Å². The first kappa shape index (κ1) is 22.5. The highest BCUT2D eigenvalue weighted by Crippen LogP contribution is 2.27. The largest absolute Gasteiger partial charge is 0.490 e. The average Bonchev–Trinajstić information content (AvgIpc) is 3.24. The third-order valence-corrected chi connectivity index (χ3v) is 4.73. The van der Waals surface area contributed by atoms with E-state index in [0.717, 1.165) is 0 Å². The SMILES string of the molecule is CC(C)Oc1ccc(C(=O)NC(=S)Nc2cccc(NC(=O)c3ccco3)c2)cc1Br. The van der Waals surface area contributed by atoms with E-state index in [2.05, 4.69) is 31.9 Å². The second-order valence-electron chi connectivity index (χ2n) is 6.73. The fourth-order valence-corrected chi connectivity index (χ4v) is 3.29. The molecule has 2 amide bonds. The van der Waals surface area contributed by atoms with Gasteiger partial charge in [0.2, 0.25) is 0 Å². The first-order chi connectivity index (χ1) is 14.8. The van der Waals surface area contributed by atoms with Crippen LogP contribution < -0.4 is 20.7 Å². The fourth-order valence-electron chi connectivity index (χ4n) is 2.60. The third-order valence-electron chi connectivity index (χ3n) is 3.91. The summed E-state index contributed by atoms with van der Waals surface area (Å²) in [6, 6.07) is 15.2. The van der Waals surface area contributed by atoms with Gasteiger partial charge in [0.1, 0.15) is 5.75 Å². The van der Waals surface area contributed by atoms with Crippen LogP contribution in [0.5, 0.6) is 5.75 Å². The Bertz CT molecular complexity index is 1100. The molecule has 2 aromatic carbocycles. The van der Waals surface area contributed by atoms with Gasteiger partial charge in [-0.2, -0.15) is 0 Å². The second kappa shape index (κ2) is 10.2. The molecular weight excluding hydrogens is 482 g/mol. The monoisotopic (exact) mass is 501 g/mol. The Labute approximate surface area is 193 Å². The number of benzene rings is 2. The van der Waals surface area contributed by atoms with E-state index in [4.69, 9.17) is 21.4 Å². The summed E-state index contributed by atoms with van der Waals surface area (Å²) in [4.78, 5) is 24.6. The van der Waals surface area contributed by atoms with E-state index in [9.17, 15) is 9.59 Å². The zero-order chi connectivity index (χ0) is 22.4. The number of nitrogens with one attached hydrogen (secondary N) is 3. The van der Waals surface area contributed by atoms with Crippen LogP contribution in [0.1, 0.15) is 34.8 Å². The molecule has 1 aromatic heterocycles. The fraction of sp³-hybridized carbons (Fsp3) is 0.136. The van der Waals surface area contributed by atoms with Gasteiger partial charge in [-0.3, -0.25) is 14.9 Å². The number of rotatable bonds is 6. The highest BCUT2D eigenvalue weighted by Gasteiger charge is 2.13. The number of furan rings is 1. The summed E-state index contributed by atoms with van der Waals surface area (Å²) in [5.41, 5.74) is 1.57. The van der Waals surface area contributed by atoms with Crippen LogP contribution in [0.4, 0.5) is 11.4 Å². The molecule has 0 atom stereocenters. The standard InChI is InChI=1S/C22H20BrN3O4S/c1-13(2)30-18-9-8-14(11-17(18)23)20(27)26-22(31)25-16-6-3-5-15(12-16)24-21(28)19-7-4-10-29-19/h3-13H,1-2H3,(H,24,28)(H2,25,26,27,31). The molecule has 3 aromatic rings. The number of halogens is 1. The van der Waals surface area contributed by atoms with Gasteiger partial charge in [0.15, 0.2) is 10.9 Å². The van der Waals surface area contributed by atoms with E-state index >= 15 is 0 Å². The molecule has 0 saturated carbocycles. The summed E-state index contributed by atoms with van der Waals surface area (Å²) >= 11 is 8.65. The molecule has 1 heterocycles. The molecule has 160 valence electrons. The van der Waals surface area contributed by atoms with E-state index in [1.807, 2.05) is 13.8 Å². The lowest BCUT2D eigenvalue weighted by molar-refractivity contribution is 0.0975. The van der Waals surface area contributed by atoms with Gasteiger partial charge in [0.05, 0.1) is 16.8 Å². The predicted molar refractivity (Wildman–Crippen MR) is 127 cm³/mol. The lowest BCUT2D eigenvalue weighted by Crippen LogP contribution is -2.34. The Morgan fingerprint density at radius 1 is 1.00 bits per heavy atom. The first-order valence-electron chi connectivity index (χ1n) is 9.35. The van der Waals surface area contributed by atoms with E-state index in [0.29, 0.717) is 27.2 Å². The minimum absolute atomic E-state index is 0.0207. The molecule has 0 bridgehead atoms. The smallest absolute Gasteiger partial charge is 0.291 e. The van der Waals surface area contributed by atoms with Gasteiger partial charge >= 0.3 is 0 Å². The maximum Gasteiger partial charge on any atom is 0.291 e. The molecule has 0 fully saturated rings. The van der Waals surface area contributed by atoms with Crippen LogP contribution in [-0.2, 0) is 0 Å². The number of hydrogen-bond donors (Lipinski definition) is 3. The van der Waals surface area contributed by atoms with E-state index < -0.39 is 0 Å². The number of carbonyl (C=O) groups excluding carboxylic acids is 2. The van der Waals surface area contributed by atoms with Crippen molar-refractivity contribution >= 4 is 56.4 Å². The van der Waals surface area contributed by atoms with Crippen LogP contribution in [0.15, 0.2) is 69.8 Å². The van der Waals surface area contributed by atoms with Gasteiger partial charge < -0.3 is 19.8 Å². The molecule has 3 N–H and O–H groups in total. The van der Waals surface area contributed by atoms with Crippen LogP contribution in [0.25, 0.3) is 0 Å². The minimum Gasteiger partial charge on any atom is -0.490 e. The van der Waals surface area contributed by atoms with Crippen molar-refractivity contribution in [3.8, 4) is 5.75 Å². The van der Waals surface area contributed by atoms with E-state index in [1.54, 1.807) is 54.6 Å². The summed E-state index contributed by atoms with van der Waals surface area (Å²) in [6.45, 7) is 3.85. The Morgan fingerprint density at radius 2 is 1.74 bits per heavy atom. The topological polar surface area (TPSA) is 92.6 Å². The van der Waals surface area contributed by atoms with Crippen molar-refractivity contribution < 1.29 is 18.7 Å². The summed E-state index contributed by atoms with van der Waals surface area (Å²) in [5, 5.41) is 8.42. The average molecular weight is 502 g/mol. The quantitative estimate of drug-likeness (QED) is 0.401. The Balaban J connectivity index is 1.60. The lowest BCUT2D eigenvalue weighted by Gasteiger charge is -2.13. The van der Waals surface area contributed by atoms with Gasteiger partial charge in [-0.05, 0) is 90.5 Å². The molecule has 3 rings (SSSR count). The molecule has 0 radical (unpaired) electrons. The maximum atomic E-state index is 12.5. The third kappa shape index (κ3) is 6.40. The van der Waals surface area contributed by atoms with Crippen LogP contribution in [-0.4, -0.2) is 23.0 Å². The van der Waals surface area contributed by atoms with E-state index in [1.165, 1.54) is 6.26 Å². The molecule has 0 aliphatic rings. The van der Waals surface area contributed by atoms with Gasteiger partial charge in [-0.25, -0.2) is 0 Å². The summed E-state index contributed by atoms with van der Waals surface area (Å²) in [5.74, 6) is 0.128. The van der Waals surface area contributed by atoms with Crippen molar-refractivity contribution in [1.82, 2.24) is 5.32 Å². The minimum atomic E-state index is -0.367. The maximum absolute atomic E-state index is 12.5. The summed E-state index contributed by atoms with van der Waals surface area (Å²) in [6.07, 6.45) is 1.45. The molecule has 31 heavy (non-hydrogen) atoms. The molecule has 9 heteroatoms. The number of amides is 2. The first-order valence-corrected chi connectivity index (χ1v) is 10.6. The number of anilines is 2. The van der Waals surface area contributed by atoms with Crippen LogP contribution in [0.2, 0.25) is 0 Å². The number of carbonyl (C=O) groups is 2. The Morgan fingerprint density at radius 3 is 2.39 bits per heavy atom. The summed E-state index contributed by atoms with van der Waals surface area (Å²) in [7, 11) is 0. The van der Waals surface area contributed by atoms with Crippen molar-refractivity contribution in [2.45, 2.75) is 20.0 Å². The molecule has 0 aliphatic carbocycles. The normalized spacial score (nSPS) is 10.5. The van der Waals surface area contributed by atoms with Crippen LogP contribution >= 0.6 is 28.1 Å². The molecule has 0 aliphatic heterocycles. The van der Waals surface area contributed by atoms with Crippen molar-refractivity contribution in [1.29, 1.82) is 0 Å². The van der Waals surface area contributed by atoms with Crippen LogP contribution in [0.3, 0.4) is 0 Å². The summed E-state index contributed by atoms with van der Waals surface area (Å²) < 4.78 is 11.4. The van der Waals surface area contributed by atoms with Gasteiger partial charge in [-0.15, -0.1) is 0 Å². The molecule has 0 spiro atoms. The van der Waals surface area contributed by atoms with Crippen molar-refractivity contribution in [2.75, 3.05) is 10.6 Å². The highest BCUT2D eigenvalue weighted by molar-refractivity contribution is 9.10. The van der Waals surface area contributed by atoms with Crippen molar-refractivity contribution in [3.05, 3.63) is 76.7 Å². The Hall–Kier alpha value is -3.17. The molecular formula is C22H20BrN3O4S. The number of thiocarbonyl (C=S) groups is 1. The predicted octanol–water partition coefficient (Wildman–Crippen LogP) is 5.21. The zero-order valence-corrected chi connectivity index (χ0v) is 19.2. The highest BCUT2D eigenvalue weighted by atomic mass is 79.9. The lowest BCUT2D eigenvalue weighted by atomic mass is 10.2.